The van der Waals surface area contributed by atoms with E-state index in [2.05, 4.69) is 15.3 Å². The minimum Gasteiger partial charge on any atom is -0.450 e. The Morgan fingerprint density at radius 3 is 2.55 bits per heavy atom. The fourth-order valence-corrected chi connectivity index (χ4v) is 4.14. The molecule has 31 heavy (non-hydrogen) atoms. The molecule has 2 aromatic carbocycles. The number of fused-ring (bicyclic) bond motifs is 2. The van der Waals surface area contributed by atoms with E-state index < -0.39 is 17.4 Å². The van der Waals surface area contributed by atoms with Gasteiger partial charge in [0.15, 0.2) is 5.82 Å². The molecule has 1 spiro atoms. The van der Waals surface area contributed by atoms with Gasteiger partial charge < -0.3 is 9.64 Å². The second-order valence-electron chi connectivity index (χ2n) is 7.64. The Morgan fingerprint density at radius 2 is 1.84 bits per heavy atom. The first-order valence-corrected chi connectivity index (χ1v) is 10.0. The first-order valence-electron chi connectivity index (χ1n) is 10.0. The minimum atomic E-state index is -0.873. The number of piperidine rings is 1. The highest BCUT2D eigenvalue weighted by Gasteiger charge is 2.48. The summed E-state index contributed by atoms with van der Waals surface area (Å²) in [6.07, 6.45) is 3.94. The van der Waals surface area contributed by atoms with Gasteiger partial charge in [-0.25, -0.2) is 19.0 Å². The van der Waals surface area contributed by atoms with Gasteiger partial charge in [-0.15, -0.1) is 0 Å². The molecule has 1 fully saturated rings. The zero-order chi connectivity index (χ0) is 21.4. The van der Waals surface area contributed by atoms with E-state index in [4.69, 9.17) is 4.74 Å². The van der Waals surface area contributed by atoms with Crippen LogP contribution < -0.4 is 5.32 Å². The maximum absolute atomic E-state index is 13.8. The van der Waals surface area contributed by atoms with Crippen molar-refractivity contribution in [2.45, 2.75) is 18.4 Å². The van der Waals surface area contributed by atoms with Gasteiger partial charge in [0.1, 0.15) is 11.4 Å². The number of carbonyl (C=O) groups excluding carboxylic acids is 2. The molecule has 1 saturated heterocycles. The summed E-state index contributed by atoms with van der Waals surface area (Å²) in [5, 5.41) is 2.75. The third kappa shape index (κ3) is 3.50. The smallest absolute Gasteiger partial charge is 0.339 e. The molecule has 5 rings (SSSR count). The standard InChI is InChI=1S/C23H19FN4O3/c24-16-6-7-17-18(12-16)23(31-21(17)29)8-10-28(11-9-23)22(30)27-20-14-25-19(13-26-20)15-4-2-1-3-5-15/h1-7,12-14H,8-11H2,(H,26,27,30). The number of hydrogen-bond acceptors (Lipinski definition) is 5. The lowest BCUT2D eigenvalue weighted by Gasteiger charge is -2.38. The quantitative estimate of drug-likeness (QED) is 0.637. The van der Waals surface area contributed by atoms with Gasteiger partial charge in [-0.2, -0.15) is 0 Å². The Hall–Kier alpha value is -3.81. The molecule has 3 heterocycles. The topological polar surface area (TPSA) is 84.4 Å². The van der Waals surface area contributed by atoms with E-state index in [0.717, 1.165) is 5.56 Å². The monoisotopic (exact) mass is 418 g/mol. The average molecular weight is 418 g/mol. The van der Waals surface area contributed by atoms with Crippen LogP contribution in [-0.4, -0.2) is 40.0 Å². The van der Waals surface area contributed by atoms with Crippen LogP contribution in [-0.2, 0) is 10.3 Å². The van der Waals surface area contributed by atoms with E-state index in [9.17, 15) is 14.0 Å². The van der Waals surface area contributed by atoms with Gasteiger partial charge in [-0.1, -0.05) is 30.3 Å². The molecule has 7 nitrogen and oxygen atoms in total. The molecule has 3 aromatic rings. The molecule has 0 atom stereocenters. The number of benzene rings is 2. The second kappa shape index (κ2) is 7.46. The summed E-state index contributed by atoms with van der Waals surface area (Å²) in [5.41, 5.74) is 1.75. The van der Waals surface area contributed by atoms with Gasteiger partial charge in [0.05, 0.1) is 23.7 Å². The van der Waals surface area contributed by atoms with Crippen molar-refractivity contribution in [1.29, 1.82) is 0 Å². The first kappa shape index (κ1) is 19.2. The molecule has 0 unspecified atom stereocenters. The molecule has 0 saturated carbocycles. The molecule has 0 aliphatic carbocycles. The van der Waals surface area contributed by atoms with Crippen LogP contribution in [0.3, 0.4) is 0 Å². The maximum Gasteiger partial charge on any atom is 0.339 e. The highest BCUT2D eigenvalue weighted by molar-refractivity contribution is 5.95. The van der Waals surface area contributed by atoms with Crippen molar-refractivity contribution in [3.05, 3.63) is 77.9 Å². The molecule has 8 heteroatoms. The Morgan fingerprint density at radius 1 is 1.06 bits per heavy atom. The van der Waals surface area contributed by atoms with Crippen molar-refractivity contribution in [1.82, 2.24) is 14.9 Å². The zero-order valence-electron chi connectivity index (χ0n) is 16.5. The summed E-state index contributed by atoms with van der Waals surface area (Å²) in [4.78, 5) is 35.1. The van der Waals surface area contributed by atoms with E-state index in [-0.39, 0.29) is 6.03 Å². The van der Waals surface area contributed by atoms with Crippen molar-refractivity contribution in [2.75, 3.05) is 18.4 Å². The summed E-state index contributed by atoms with van der Waals surface area (Å²) in [5.74, 6) is -0.500. The minimum absolute atomic E-state index is 0.305. The number of anilines is 1. The van der Waals surface area contributed by atoms with Crippen LogP contribution in [0.2, 0.25) is 0 Å². The Balaban J connectivity index is 1.24. The number of amides is 2. The lowest BCUT2D eigenvalue weighted by Crippen LogP contribution is -2.47. The van der Waals surface area contributed by atoms with Gasteiger partial charge in [0, 0.05) is 37.1 Å². The summed E-state index contributed by atoms with van der Waals surface area (Å²) in [7, 11) is 0. The molecule has 2 aliphatic rings. The number of hydrogen-bond donors (Lipinski definition) is 1. The summed E-state index contributed by atoms with van der Waals surface area (Å²) in [6.45, 7) is 0.731. The van der Waals surface area contributed by atoms with Crippen LogP contribution in [0.1, 0.15) is 28.8 Å². The normalized spacial score (nSPS) is 16.7. The van der Waals surface area contributed by atoms with Crippen molar-refractivity contribution < 1.29 is 18.7 Å². The molecule has 1 aromatic heterocycles. The summed E-state index contributed by atoms with van der Waals surface area (Å²) in [6, 6.07) is 13.4. The van der Waals surface area contributed by atoms with Crippen LogP contribution in [0.15, 0.2) is 60.9 Å². The van der Waals surface area contributed by atoms with Crippen molar-refractivity contribution in [2.24, 2.45) is 0 Å². The van der Waals surface area contributed by atoms with E-state index in [1.807, 2.05) is 30.3 Å². The molecular weight excluding hydrogens is 399 g/mol. The summed E-state index contributed by atoms with van der Waals surface area (Å²) < 4.78 is 19.4. The molecule has 1 N–H and O–H groups in total. The molecule has 0 radical (unpaired) electrons. The van der Waals surface area contributed by atoms with Gasteiger partial charge in [0.2, 0.25) is 0 Å². The van der Waals surface area contributed by atoms with Gasteiger partial charge in [-0.3, -0.25) is 10.3 Å². The van der Waals surface area contributed by atoms with E-state index in [1.165, 1.54) is 24.4 Å². The van der Waals surface area contributed by atoms with Crippen molar-refractivity contribution in [3.63, 3.8) is 0 Å². The maximum atomic E-state index is 13.8. The highest BCUT2D eigenvalue weighted by atomic mass is 19.1. The van der Waals surface area contributed by atoms with Crippen molar-refractivity contribution >= 4 is 17.8 Å². The average Bonchev–Trinajstić information content (AvgIpc) is 3.05. The molecule has 2 aliphatic heterocycles. The van der Waals surface area contributed by atoms with Crippen LogP contribution >= 0.6 is 0 Å². The fourth-order valence-electron chi connectivity index (χ4n) is 4.14. The lowest BCUT2D eigenvalue weighted by molar-refractivity contribution is -0.0364. The van der Waals surface area contributed by atoms with Crippen molar-refractivity contribution in [3.8, 4) is 11.3 Å². The molecule has 156 valence electrons. The number of nitrogens with zero attached hydrogens (tertiary/aromatic N) is 3. The number of nitrogens with one attached hydrogen (secondary N) is 1. The number of halogens is 1. The Bertz CT molecular complexity index is 1140. The van der Waals surface area contributed by atoms with E-state index in [0.29, 0.717) is 48.6 Å². The first-order chi connectivity index (χ1) is 15.0. The zero-order valence-corrected chi connectivity index (χ0v) is 16.5. The van der Waals surface area contributed by atoms with Gasteiger partial charge >= 0.3 is 12.0 Å². The number of urea groups is 1. The predicted molar refractivity (Wildman–Crippen MR) is 111 cm³/mol. The number of rotatable bonds is 2. The third-order valence-electron chi connectivity index (χ3n) is 5.80. The number of esters is 1. The number of aromatic nitrogens is 2. The van der Waals surface area contributed by atoms with Gasteiger partial charge in [-0.05, 0) is 18.2 Å². The molecule has 2 amide bonds. The van der Waals surface area contributed by atoms with Gasteiger partial charge in [0.25, 0.3) is 0 Å². The number of likely N-dealkylation sites (tertiary alicyclic amines) is 1. The third-order valence-corrected chi connectivity index (χ3v) is 5.80. The van der Waals surface area contributed by atoms with E-state index in [1.54, 1.807) is 11.1 Å². The molecule has 0 bridgehead atoms. The molecular formula is C23H19FN4O3. The van der Waals surface area contributed by atoms with Crippen LogP contribution in [0.4, 0.5) is 15.0 Å². The Labute approximate surface area is 177 Å². The highest BCUT2D eigenvalue weighted by Crippen LogP contribution is 2.44. The lowest BCUT2D eigenvalue weighted by atomic mass is 9.84. The largest absolute Gasteiger partial charge is 0.450 e. The fraction of sp³-hybridized carbons (Fsp3) is 0.217. The van der Waals surface area contributed by atoms with Crippen LogP contribution in [0, 0.1) is 5.82 Å². The SMILES string of the molecule is O=C1OC2(CCN(C(=O)Nc3cnc(-c4ccccc4)cn3)CC2)c2cc(F)ccc21. The van der Waals surface area contributed by atoms with Crippen LogP contribution in [0.5, 0.6) is 0 Å². The number of ether oxygens (including phenoxy) is 1. The Kier molecular flexibility index (Phi) is 4.62. The number of carbonyl (C=O) groups is 2. The summed E-state index contributed by atoms with van der Waals surface area (Å²) >= 11 is 0. The second-order valence-corrected chi connectivity index (χ2v) is 7.64. The predicted octanol–water partition coefficient (Wildman–Crippen LogP) is 3.98. The van der Waals surface area contributed by atoms with Crippen LogP contribution in [0.25, 0.3) is 11.3 Å². The van der Waals surface area contributed by atoms with E-state index >= 15 is 0 Å².